The Bertz CT molecular complexity index is 967. The van der Waals surface area contributed by atoms with Crippen molar-refractivity contribution < 1.29 is 22.4 Å². The van der Waals surface area contributed by atoms with Crippen molar-refractivity contribution >= 4 is 16.9 Å². The van der Waals surface area contributed by atoms with Gasteiger partial charge in [-0.2, -0.15) is 5.10 Å². The molecule has 4 fully saturated rings. The van der Waals surface area contributed by atoms with Crippen LogP contribution in [0.4, 0.5) is 17.6 Å². The first-order valence-corrected chi connectivity index (χ1v) is 10.5. The summed E-state index contributed by atoms with van der Waals surface area (Å²) >= 11 is 0. The SMILES string of the molecule is Cc1nn(CC(=O)NC23CC4CC(CC(C4)C2)C3)c2nc(C(F)F)cc(C(F)F)c12. The molecule has 0 unspecified atom stereocenters. The van der Waals surface area contributed by atoms with Gasteiger partial charge in [-0.05, 0) is 69.3 Å². The first-order valence-electron chi connectivity index (χ1n) is 10.5. The summed E-state index contributed by atoms with van der Waals surface area (Å²) in [4.78, 5) is 16.7. The Balaban J connectivity index is 1.43. The van der Waals surface area contributed by atoms with Crippen molar-refractivity contribution in [3.8, 4) is 0 Å². The van der Waals surface area contributed by atoms with Crippen molar-refractivity contribution in [3.05, 3.63) is 23.0 Å². The summed E-state index contributed by atoms with van der Waals surface area (Å²) in [5.74, 6) is 1.71. The van der Waals surface area contributed by atoms with E-state index in [4.69, 9.17) is 0 Å². The summed E-state index contributed by atoms with van der Waals surface area (Å²) in [6, 6.07) is 0.728. The second kappa shape index (κ2) is 6.92. The Morgan fingerprint density at radius 3 is 2.27 bits per heavy atom. The van der Waals surface area contributed by atoms with Crippen molar-refractivity contribution in [2.75, 3.05) is 0 Å². The Labute approximate surface area is 171 Å². The van der Waals surface area contributed by atoms with Gasteiger partial charge in [-0.25, -0.2) is 27.2 Å². The smallest absolute Gasteiger partial charge is 0.280 e. The van der Waals surface area contributed by atoms with E-state index in [9.17, 15) is 22.4 Å². The molecule has 0 radical (unpaired) electrons. The molecular weight excluding hydrogens is 400 g/mol. The van der Waals surface area contributed by atoms with Crippen molar-refractivity contribution in [1.82, 2.24) is 20.1 Å². The van der Waals surface area contributed by atoms with Gasteiger partial charge >= 0.3 is 0 Å². The van der Waals surface area contributed by atoms with Crippen LogP contribution in [0.3, 0.4) is 0 Å². The fourth-order valence-corrected chi connectivity index (χ4v) is 6.54. The molecule has 1 amide bonds. The van der Waals surface area contributed by atoms with E-state index >= 15 is 0 Å². The van der Waals surface area contributed by atoms with Crippen molar-refractivity contribution in [3.63, 3.8) is 0 Å². The number of nitrogens with zero attached hydrogens (tertiary/aromatic N) is 3. The van der Waals surface area contributed by atoms with Gasteiger partial charge in [0.1, 0.15) is 12.2 Å². The monoisotopic (exact) mass is 424 g/mol. The molecule has 4 aliphatic carbocycles. The lowest BCUT2D eigenvalue weighted by Gasteiger charge is -2.56. The lowest BCUT2D eigenvalue weighted by Crippen LogP contribution is -2.60. The maximum Gasteiger partial charge on any atom is 0.280 e. The van der Waals surface area contributed by atoms with Crippen LogP contribution in [0.15, 0.2) is 6.07 Å². The van der Waals surface area contributed by atoms with E-state index in [1.807, 2.05) is 0 Å². The molecule has 1 N–H and O–H groups in total. The molecule has 9 heteroatoms. The molecule has 6 rings (SSSR count). The summed E-state index contributed by atoms with van der Waals surface area (Å²) < 4.78 is 54.6. The van der Waals surface area contributed by atoms with Crippen LogP contribution in [-0.2, 0) is 11.3 Å². The number of carbonyl (C=O) groups is 1. The van der Waals surface area contributed by atoms with Crippen LogP contribution in [-0.4, -0.2) is 26.2 Å². The number of halogens is 4. The normalized spacial score (nSPS) is 30.0. The van der Waals surface area contributed by atoms with E-state index in [-0.39, 0.29) is 34.7 Å². The Morgan fingerprint density at radius 2 is 1.73 bits per heavy atom. The Hall–Kier alpha value is -2.19. The van der Waals surface area contributed by atoms with Crippen molar-refractivity contribution in [2.24, 2.45) is 17.8 Å². The van der Waals surface area contributed by atoms with Gasteiger partial charge in [0.05, 0.1) is 11.1 Å². The number of nitrogens with one attached hydrogen (secondary N) is 1. The van der Waals surface area contributed by atoms with Crippen LogP contribution >= 0.6 is 0 Å². The van der Waals surface area contributed by atoms with E-state index in [2.05, 4.69) is 15.4 Å². The van der Waals surface area contributed by atoms with E-state index in [0.717, 1.165) is 25.3 Å². The topological polar surface area (TPSA) is 59.8 Å². The summed E-state index contributed by atoms with van der Waals surface area (Å²) in [5.41, 5.74) is -1.31. The molecule has 162 valence electrons. The minimum Gasteiger partial charge on any atom is -0.349 e. The molecule has 4 bridgehead atoms. The number of rotatable bonds is 5. The van der Waals surface area contributed by atoms with Gasteiger partial charge < -0.3 is 5.32 Å². The lowest BCUT2D eigenvalue weighted by atomic mass is 9.53. The average Bonchev–Trinajstić information content (AvgIpc) is 2.94. The van der Waals surface area contributed by atoms with Crippen LogP contribution < -0.4 is 5.32 Å². The summed E-state index contributed by atoms with van der Waals surface area (Å²) in [5, 5.41) is 7.42. The summed E-state index contributed by atoms with van der Waals surface area (Å²) in [7, 11) is 0. The maximum atomic E-state index is 13.5. The first-order chi connectivity index (χ1) is 14.2. The number of alkyl halides is 4. The van der Waals surface area contributed by atoms with Gasteiger partial charge in [0.25, 0.3) is 12.9 Å². The number of fused-ring (bicyclic) bond motifs is 1. The number of hydrogen-bond donors (Lipinski definition) is 1. The Kier molecular flexibility index (Phi) is 4.56. The second-order valence-electron chi connectivity index (χ2n) is 9.43. The molecule has 4 aliphatic rings. The number of hydrogen-bond acceptors (Lipinski definition) is 3. The van der Waals surface area contributed by atoms with E-state index in [1.165, 1.54) is 30.9 Å². The molecule has 2 heterocycles. The van der Waals surface area contributed by atoms with Gasteiger partial charge in [-0.1, -0.05) is 0 Å². The quantitative estimate of drug-likeness (QED) is 0.708. The summed E-state index contributed by atoms with van der Waals surface area (Å²) in [6.07, 6.45) is 0.743. The second-order valence-corrected chi connectivity index (χ2v) is 9.43. The van der Waals surface area contributed by atoms with E-state index in [1.54, 1.807) is 0 Å². The fraction of sp³-hybridized carbons (Fsp3) is 0.667. The minimum atomic E-state index is -2.99. The first kappa shape index (κ1) is 19.8. The third-order valence-electron chi connectivity index (χ3n) is 7.12. The largest absolute Gasteiger partial charge is 0.349 e. The molecule has 2 aromatic rings. The molecule has 5 nitrogen and oxygen atoms in total. The predicted molar refractivity (Wildman–Crippen MR) is 101 cm³/mol. The zero-order valence-electron chi connectivity index (χ0n) is 16.7. The molecule has 0 spiro atoms. The van der Waals surface area contributed by atoms with Gasteiger partial charge in [0.15, 0.2) is 5.65 Å². The van der Waals surface area contributed by atoms with Crippen molar-refractivity contribution in [1.29, 1.82) is 0 Å². The predicted octanol–water partition coefficient (Wildman–Crippen LogP) is 4.70. The number of aryl methyl sites for hydroxylation is 1. The molecule has 2 aromatic heterocycles. The zero-order valence-corrected chi connectivity index (χ0v) is 16.7. The van der Waals surface area contributed by atoms with Gasteiger partial charge in [0, 0.05) is 11.1 Å². The minimum absolute atomic E-state index is 0.0389. The summed E-state index contributed by atoms with van der Waals surface area (Å²) in [6.45, 7) is 1.29. The van der Waals surface area contributed by atoms with Gasteiger partial charge in [-0.15, -0.1) is 0 Å². The van der Waals surface area contributed by atoms with Gasteiger partial charge in [-0.3, -0.25) is 4.79 Å². The highest BCUT2D eigenvalue weighted by Gasteiger charge is 2.51. The zero-order chi connectivity index (χ0) is 21.2. The molecule has 0 saturated heterocycles. The van der Waals surface area contributed by atoms with E-state index in [0.29, 0.717) is 17.8 Å². The van der Waals surface area contributed by atoms with Crippen LogP contribution in [0, 0.1) is 24.7 Å². The molecule has 4 saturated carbocycles. The van der Waals surface area contributed by atoms with Crippen molar-refractivity contribution in [2.45, 2.75) is 70.4 Å². The lowest BCUT2D eigenvalue weighted by molar-refractivity contribution is -0.127. The molecule has 0 atom stereocenters. The third kappa shape index (κ3) is 3.26. The highest BCUT2D eigenvalue weighted by atomic mass is 19.3. The highest BCUT2D eigenvalue weighted by molar-refractivity contribution is 5.85. The fourth-order valence-electron chi connectivity index (χ4n) is 6.54. The van der Waals surface area contributed by atoms with Crippen LogP contribution in [0.25, 0.3) is 11.0 Å². The highest BCUT2D eigenvalue weighted by Crippen LogP contribution is 2.55. The Morgan fingerprint density at radius 1 is 1.13 bits per heavy atom. The number of carbonyl (C=O) groups excluding carboxylic acids is 1. The van der Waals surface area contributed by atoms with Crippen LogP contribution in [0.1, 0.15) is 68.3 Å². The maximum absolute atomic E-state index is 13.5. The molecular formula is C21H24F4N4O. The van der Waals surface area contributed by atoms with Gasteiger partial charge in [0.2, 0.25) is 5.91 Å². The van der Waals surface area contributed by atoms with Crippen LogP contribution in [0.2, 0.25) is 0 Å². The number of amides is 1. The number of pyridine rings is 1. The molecule has 0 aliphatic heterocycles. The third-order valence-corrected chi connectivity index (χ3v) is 7.12. The van der Waals surface area contributed by atoms with Crippen LogP contribution in [0.5, 0.6) is 0 Å². The molecule has 30 heavy (non-hydrogen) atoms. The van der Waals surface area contributed by atoms with E-state index < -0.39 is 24.1 Å². The average molecular weight is 424 g/mol. The molecule has 0 aromatic carbocycles. The number of aromatic nitrogens is 3. The standard InChI is InChI=1S/C21H24F4N4O/c1-10-17-14(18(22)23)5-15(19(24)25)26-20(17)29(28-10)9-16(30)27-21-6-11-2-12(7-21)4-13(3-11)8-21/h5,11-13,18-19H,2-4,6-9H2,1H3,(H,27,30).